The number of aryl methyl sites for hydroxylation is 1. The number of rotatable bonds is 8. The maximum absolute atomic E-state index is 5.35. The Balaban J connectivity index is 1.50. The van der Waals surface area contributed by atoms with Crippen LogP contribution in [0.1, 0.15) is 33.6 Å². The zero-order chi connectivity index (χ0) is 20.8. The number of aliphatic imine (C=N–C) groups is 1. The van der Waals surface area contributed by atoms with E-state index in [4.69, 9.17) is 4.74 Å². The second-order valence-electron chi connectivity index (χ2n) is 6.65. The number of ether oxygens (including phenoxy) is 1. The maximum atomic E-state index is 5.35. The van der Waals surface area contributed by atoms with Gasteiger partial charge >= 0.3 is 0 Å². The molecule has 0 aliphatic heterocycles. The fraction of sp³-hybridized carbons (Fsp3) is 0.450. The number of methoxy groups -OCH3 is 1. The minimum absolute atomic E-state index is 0.0281. The van der Waals surface area contributed by atoms with Crippen LogP contribution in [0.4, 0.5) is 0 Å². The molecule has 29 heavy (non-hydrogen) atoms. The van der Waals surface area contributed by atoms with Crippen molar-refractivity contribution in [2.24, 2.45) is 4.99 Å². The molecule has 1 N–H and O–H groups in total. The number of thiazole rings is 2. The average molecular weight is 450 g/mol. The molecule has 0 amide bonds. The largest absolute Gasteiger partial charge is 0.375 e. The van der Waals surface area contributed by atoms with E-state index in [1.54, 1.807) is 29.8 Å². The molecule has 0 bridgehead atoms. The van der Waals surface area contributed by atoms with Crippen molar-refractivity contribution in [1.82, 2.24) is 20.2 Å². The number of nitrogens with one attached hydrogen (secondary N) is 1. The second kappa shape index (κ2) is 10.3. The van der Waals surface area contributed by atoms with Gasteiger partial charge in [-0.3, -0.25) is 4.99 Å². The molecule has 0 aliphatic rings. The van der Waals surface area contributed by atoms with Crippen LogP contribution >= 0.6 is 34.0 Å². The molecule has 1 atom stereocenters. The minimum Gasteiger partial charge on any atom is -0.375 e. The molecule has 3 aromatic heterocycles. The molecule has 6 nitrogen and oxygen atoms in total. The topological polar surface area (TPSA) is 62.6 Å². The molecule has 1 unspecified atom stereocenters. The van der Waals surface area contributed by atoms with E-state index >= 15 is 0 Å². The van der Waals surface area contributed by atoms with Gasteiger partial charge in [0, 0.05) is 43.4 Å². The Hall–Kier alpha value is -1.81. The summed E-state index contributed by atoms with van der Waals surface area (Å²) in [7, 11) is 5.55. The van der Waals surface area contributed by atoms with E-state index in [2.05, 4.69) is 48.1 Å². The van der Waals surface area contributed by atoms with Gasteiger partial charge in [0.1, 0.15) is 11.1 Å². The standard InChI is InChI=1S/C20H27N5OS3/c1-13(26-5)19-24-15(11-28-19)10-25(4)20(21-3)22-9-8-16-6-7-18(29-16)17-12-27-14(2)23-17/h6-7,11-13H,8-10H2,1-5H3,(H,21,22). The molecule has 0 radical (unpaired) electrons. The van der Waals surface area contributed by atoms with E-state index in [1.165, 1.54) is 9.75 Å². The summed E-state index contributed by atoms with van der Waals surface area (Å²) >= 11 is 5.13. The number of nitrogens with zero attached hydrogens (tertiary/aromatic N) is 4. The van der Waals surface area contributed by atoms with Crippen LogP contribution in [-0.4, -0.2) is 48.6 Å². The Morgan fingerprint density at radius 1 is 1.28 bits per heavy atom. The van der Waals surface area contributed by atoms with Crippen molar-refractivity contribution < 1.29 is 4.74 Å². The lowest BCUT2D eigenvalue weighted by molar-refractivity contribution is 0.119. The number of guanidine groups is 1. The summed E-state index contributed by atoms with van der Waals surface area (Å²) < 4.78 is 5.35. The van der Waals surface area contributed by atoms with E-state index in [0.29, 0.717) is 6.54 Å². The minimum atomic E-state index is 0.0281. The molecule has 3 rings (SSSR count). The van der Waals surface area contributed by atoms with Gasteiger partial charge in [0.15, 0.2) is 5.96 Å². The van der Waals surface area contributed by atoms with Gasteiger partial charge < -0.3 is 15.0 Å². The third-order valence-electron chi connectivity index (χ3n) is 4.43. The molecule has 0 saturated heterocycles. The first-order valence-corrected chi connectivity index (χ1v) is 12.0. The van der Waals surface area contributed by atoms with Crippen LogP contribution in [-0.2, 0) is 17.7 Å². The first kappa shape index (κ1) is 21.9. The normalized spacial score (nSPS) is 12.9. The third kappa shape index (κ3) is 5.85. The van der Waals surface area contributed by atoms with Gasteiger partial charge in [-0.15, -0.1) is 34.0 Å². The van der Waals surface area contributed by atoms with Crippen LogP contribution in [0.25, 0.3) is 10.6 Å². The summed E-state index contributed by atoms with van der Waals surface area (Å²) in [6.45, 7) is 5.59. The molecule has 3 aromatic rings. The monoisotopic (exact) mass is 449 g/mol. The molecule has 9 heteroatoms. The fourth-order valence-corrected chi connectivity index (χ4v) is 5.31. The zero-order valence-electron chi connectivity index (χ0n) is 17.4. The lowest BCUT2D eigenvalue weighted by Gasteiger charge is -2.21. The first-order chi connectivity index (χ1) is 14.0. The zero-order valence-corrected chi connectivity index (χ0v) is 19.9. The SMILES string of the molecule is CN=C(NCCc1ccc(-c2csc(C)n2)s1)N(C)Cc1csc(C(C)OC)n1. The smallest absolute Gasteiger partial charge is 0.193 e. The third-order valence-corrected chi connectivity index (χ3v) is 7.43. The predicted molar refractivity (Wildman–Crippen MR) is 124 cm³/mol. The highest BCUT2D eigenvalue weighted by molar-refractivity contribution is 7.16. The fourth-order valence-electron chi connectivity index (χ4n) is 2.81. The Bertz CT molecular complexity index is 945. The average Bonchev–Trinajstić information content (AvgIpc) is 3.45. The van der Waals surface area contributed by atoms with Crippen molar-refractivity contribution in [2.45, 2.75) is 32.9 Å². The summed E-state index contributed by atoms with van der Waals surface area (Å²) in [6.07, 6.45) is 0.979. The van der Waals surface area contributed by atoms with Gasteiger partial charge in [0.05, 0.1) is 27.8 Å². The van der Waals surface area contributed by atoms with E-state index in [-0.39, 0.29) is 6.10 Å². The van der Waals surface area contributed by atoms with Crippen molar-refractivity contribution in [2.75, 3.05) is 27.7 Å². The highest BCUT2D eigenvalue weighted by Gasteiger charge is 2.13. The second-order valence-corrected chi connectivity index (χ2v) is 9.77. The van der Waals surface area contributed by atoms with Crippen molar-refractivity contribution in [3.8, 4) is 10.6 Å². The Kier molecular flexibility index (Phi) is 7.77. The van der Waals surface area contributed by atoms with E-state index in [0.717, 1.165) is 40.3 Å². The van der Waals surface area contributed by atoms with E-state index in [9.17, 15) is 0 Å². The van der Waals surface area contributed by atoms with Gasteiger partial charge in [-0.2, -0.15) is 0 Å². The van der Waals surface area contributed by atoms with Gasteiger partial charge in [-0.25, -0.2) is 9.97 Å². The van der Waals surface area contributed by atoms with Gasteiger partial charge in [-0.05, 0) is 32.4 Å². The van der Waals surface area contributed by atoms with E-state index < -0.39 is 0 Å². The Morgan fingerprint density at radius 2 is 2.10 bits per heavy atom. The van der Waals surface area contributed by atoms with Crippen molar-refractivity contribution in [3.05, 3.63) is 43.5 Å². The summed E-state index contributed by atoms with van der Waals surface area (Å²) in [4.78, 5) is 18.3. The van der Waals surface area contributed by atoms with Crippen molar-refractivity contribution in [1.29, 1.82) is 0 Å². The van der Waals surface area contributed by atoms with E-state index in [1.807, 2.05) is 39.3 Å². The lowest BCUT2D eigenvalue weighted by Crippen LogP contribution is -2.39. The Morgan fingerprint density at radius 3 is 2.79 bits per heavy atom. The van der Waals surface area contributed by atoms with Crippen molar-refractivity contribution >= 4 is 40.0 Å². The van der Waals surface area contributed by atoms with Crippen LogP contribution in [0.15, 0.2) is 27.9 Å². The molecule has 0 saturated carbocycles. The molecule has 3 heterocycles. The molecule has 0 fully saturated rings. The summed E-state index contributed by atoms with van der Waals surface area (Å²) in [6, 6.07) is 4.35. The summed E-state index contributed by atoms with van der Waals surface area (Å²) in [5, 5.41) is 9.77. The van der Waals surface area contributed by atoms with Crippen LogP contribution in [0, 0.1) is 6.92 Å². The number of aromatic nitrogens is 2. The Labute approximate surface area is 184 Å². The quantitative estimate of drug-likeness (QED) is 0.402. The molecule has 156 valence electrons. The van der Waals surface area contributed by atoms with Crippen molar-refractivity contribution in [3.63, 3.8) is 0 Å². The molecule has 0 aliphatic carbocycles. The number of hydrogen-bond donors (Lipinski definition) is 1. The summed E-state index contributed by atoms with van der Waals surface area (Å²) in [5.74, 6) is 0.867. The lowest BCUT2D eigenvalue weighted by atomic mass is 10.3. The van der Waals surface area contributed by atoms with Gasteiger partial charge in [0.2, 0.25) is 0 Å². The molecule has 0 spiro atoms. The number of thiophene rings is 1. The molecular weight excluding hydrogens is 422 g/mol. The van der Waals surface area contributed by atoms with Crippen LogP contribution in [0.2, 0.25) is 0 Å². The van der Waals surface area contributed by atoms with Crippen LogP contribution in [0.5, 0.6) is 0 Å². The number of hydrogen-bond acceptors (Lipinski definition) is 7. The first-order valence-electron chi connectivity index (χ1n) is 9.40. The van der Waals surface area contributed by atoms with Gasteiger partial charge in [0.25, 0.3) is 0 Å². The molecule has 0 aromatic carbocycles. The van der Waals surface area contributed by atoms with Crippen LogP contribution < -0.4 is 5.32 Å². The maximum Gasteiger partial charge on any atom is 0.193 e. The predicted octanol–water partition coefficient (Wildman–Crippen LogP) is 4.59. The summed E-state index contributed by atoms with van der Waals surface area (Å²) in [5.41, 5.74) is 2.11. The van der Waals surface area contributed by atoms with Crippen LogP contribution in [0.3, 0.4) is 0 Å². The molecular formula is C20H27N5OS3. The highest BCUT2D eigenvalue weighted by Crippen LogP contribution is 2.29. The van der Waals surface area contributed by atoms with Gasteiger partial charge in [-0.1, -0.05) is 0 Å². The highest BCUT2D eigenvalue weighted by atomic mass is 32.1.